The predicted octanol–water partition coefficient (Wildman–Crippen LogP) is -1.58. The summed E-state index contributed by atoms with van der Waals surface area (Å²) < 4.78 is 5.51. The van der Waals surface area contributed by atoms with E-state index < -0.39 is 12.1 Å². The van der Waals surface area contributed by atoms with Crippen LogP contribution < -0.4 is 0 Å². The maximum Gasteiger partial charge on any atom is 0.376 e. The lowest BCUT2D eigenvalue weighted by Crippen LogP contribution is -2.21. The Hall–Kier alpha value is -1.76. The van der Waals surface area contributed by atoms with E-state index in [0.717, 1.165) is 4.57 Å². The number of ether oxygens (including phenoxy) is 1. The summed E-state index contributed by atoms with van der Waals surface area (Å²) in [5.41, 5.74) is 0. The number of aldehydes is 1. The average Bonchev–Trinajstić information content (AvgIpc) is 2.64. The van der Waals surface area contributed by atoms with E-state index in [1.54, 1.807) is 0 Å². The summed E-state index contributed by atoms with van der Waals surface area (Å²) in [4.78, 5) is 21.2. The highest BCUT2D eigenvalue weighted by Gasteiger charge is 2.16. The van der Waals surface area contributed by atoms with Crippen molar-refractivity contribution in [2.24, 2.45) is 0 Å². The van der Waals surface area contributed by atoms with Crippen molar-refractivity contribution in [3.63, 3.8) is 0 Å². The summed E-state index contributed by atoms with van der Waals surface area (Å²) in [5.74, 6) is -0.801. The molecule has 0 aliphatic heterocycles. The molecule has 7 heteroatoms. The minimum Gasteiger partial charge on any atom is -0.463 e. The number of hydrogen-bond donors (Lipinski definition) is 1. The van der Waals surface area contributed by atoms with Gasteiger partial charge in [-0.25, -0.2) is 4.79 Å². The van der Waals surface area contributed by atoms with Gasteiger partial charge >= 0.3 is 5.97 Å². The lowest BCUT2D eigenvalue weighted by atomic mass is 10.4. The van der Waals surface area contributed by atoms with E-state index in [4.69, 9.17) is 5.11 Å². The first-order valence-electron chi connectivity index (χ1n) is 3.71. The molecule has 0 spiro atoms. The zero-order valence-electron chi connectivity index (χ0n) is 7.38. The third-order valence-corrected chi connectivity index (χ3v) is 1.46. The van der Waals surface area contributed by atoms with Gasteiger partial charge in [0.15, 0.2) is 0 Å². The molecule has 0 saturated heterocycles. The molecule has 1 heterocycles. The van der Waals surface area contributed by atoms with Crippen LogP contribution in [-0.2, 0) is 16.1 Å². The van der Waals surface area contributed by atoms with Gasteiger partial charge < -0.3 is 14.6 Å². The highest BCUT2D eigenvalue weighted by molar-refractivity contribution is 5.85. The Morgan fingerprint density at radius 1 is 1.86 bits per heavy atom. The van der Waals surface area contributed by atoms with Gasteiger partial charge in [-0.05, 0) is 0 Å². The topological polar surface area (TPSA) is 94.3 Å². The van der Waals surface area contributed by atoms with E-state index in [-0.39, 0.29) is 12.4 Å². The van der Waals surface area contributed by atoms with Gasteiger partial charge in [-0.2, -0.15) is 0 Å². The number of aromatic nitrogens is 3. The highest BCUT2D eigenvalue weighted by atomic mass is 16.5. The van der Waals surface area contributed by atoms with E-state index in [2.05, 4.69) is 21.3 Å². The van der Waals surface area contributed by atoms with Crippen LogP contribution in [-0.4, -0.2) is 45.3 Å². The van der Waals surface area contributed by atoms with Crippen LogP contribution in [0.1, 0.15) is 10.6 Å². The average molecular weight is 198 g/mol. The fourth-order valence-corrected chi connectivity index (χ4v) is 0.825. The van der Waals surface area contributed by atoms with Crippen LogP contribution in [0.3, 0.4) is 0 Å². The highest BCUT2D eigenvalue weighted by Crippen LogP contribution is 1.98. The first-order chi connectivity index (χ1) is 6.69. The molecule has 0 aliphatic carbocycles. The molecule has 7 nitrogen and oxygen atoms in total. The monoisotopic (exact) mass is 198 g/mol. The number of rotatable bonds is 4. The molecule has 1 unspecified atom stereocenters. The molecule has 0 saturated carbocycles. The van der Waals surface area contributed by atoms with E-state index in [1.165, 1.54) is 7.11 Å². The zero-order chi connectivity index (χ0) is 10.6. The summed E-state index contributed by atoms with van der Waals surface area (Å²) in [6, 6.07) is 0. The van der Waals surface area contributed by atoms with Crippen molar-refractivity contribution in [2.45, 2.75) is 12.6 Å². The lowest BCUT2D eigenvalue weighted by molar-refractivity contribution is -0.115. The number of aliphatic hydroxyl groups excluding tert-OH is 1. The summed E-state index contributed by atoms with van der Waals surface area (Å²) >= 11 is 0. The van der Waals surface area contributed by atoms with Crippen LogP contribution in [0.5, 0.6) is 0 Å². The molecular weight excluding hydrogens is 190 g/mol. The Morgan fingerprint density at radius 2 is 2.57 bits per heavy atom. The summed E-state index contributed by atoms with van der Waals surface area (Å²) in [7, 11) is 1.19. The van der Waals surface area contributed by atoms with Crippen molar-refractivity contribution in [3.8, 4) is 0 Å². The molecule has 0 fully saturated rings. The number of hydrogen-bond acceptors (Lipinski definition) is 6. The fraction of sp³-hybridized carbons (Fsp3) is 0.429. The molecule has 0 aliphatic rings. The van der Waals surface area contributed by atoms with E-state index in [9.17, 15) is 9.59 Å². The van der Waals surface area contributed by atoms with Crippen molar-refractivity contribution < 1.29 is 19.4 Å². The van der Waals surface area contributed by atoms with Gasteiger partial charge in [0.25, 0.3) is 0 Å². The Morgan fingerprint density at radius 3 is 3.14 bits per heavy atom. The standard InChI is InChI=1S/C7H8N3O4/c1-14-7(13)6-9-8-4-10(6)2-5(12)3-11/h3,5,12H,2H2,1H3. The molecule has 1 atom stereocenters. The zero-order valence-corrected chi connectivity index (χ0v) is 7.38. The normalized spacial score (nSPS) is 12.1. The van der Waals surface area contributed by atoms with Gasteiger partial charge in [0, 0.05) is 0 Å². The van der Waals surface area contributed by atoms with Gasteiger partial charge in [-0.15, -0.1) is 10.2 Å². The Labute approximate surface area is 79.3 Å². The van der Waals surface area contributed by atoms with Gasteiger partial charge in [0.1, 0.15) is 12.4 Å². The van der Waals surface area contributed by atoms with Crippen molar-refractivity contribution in [1.29, 1.82) is 0 Å². The predicted molar refractivity (Wildman–Crippen MR) is 42.3 cm³/mol. The molecule has 1 rings (SSSR count). The van der Waals surface area contributed by atoms with Crippen LogP contribution in [0, 0.1) is 6.33 Å². The van der Waals surface area contributed by atoms with Crippen LogP contribution >= 0.6 is 0 Å². The molecule has 75 valence electrons. The van der Waals surface area contributed by atoms with E-state index >= 15 is 0 Å². The number of carbonyl (C=O) groups is 2. The third-order valence-electron chi connectivity index (χ3n) is 1.46. The van der Waals surface area contributed by atoms with Gasteiger partial charge in [-0.3, -0.25) is 4.57 Å². The minimum atomic E-state index is -1.22. The second-order valence-electron chi connectivity index (χ2n) is 2.43. The van der Waals surface area contributed by atoms with E-state index in [1.807, 2.05) is 0 Å². The molecule has 1 radical (unpaired) electrons. The number of aliphatic hydroxyl groups is 1. The number of methoxy groups -OCH3 is 1. The number of carbonyl (C=O) groups excluding carboxylic acids is 2. The first kappa shape index (κ1) is 10.3. The van der Waals surface area contributed by atoms with Crippen LogP contribution in [0.15, 0.2) is 0 Å². The Balaban J connectivity index is 2.82. The molecule has 1 N–H and O–H groups in total. The smallest absolute Gasteiger partial charge is 0.376 e. The second kappa shape index (κ2) is 4.47. The molecule has 1 aromatic heterocycles. The van der Waals surface area contributed by atoms with Gasteiger partial charge in [-0.1, -0.05) is 0 Å². The van der Waals surface area contributed by atoms with E-state index in [0.29, 0.717) is 6.29 Å². The molecule has 14 heavy (non-hydrogen) atoms. The first-order valence-corrected chi connectivity index (χ1v) is 3.71. The van der Waals surface area contributed by atoms with Crippen molar-refractivity contribution in [1.82, 2.24) is 14.8 Å². The molecule has 0 aromatic carbocycles. The molecule has 1 aromatic rings. The third kappa shape index (κ3) is 2.13. The van der Waals surface area contributed by atoms with Gasteiger partial charge in [0.2, 0.25) is 12.2 Å². The quantitative estimate of drug-likeness (QED) is 0.463. The maximum absolute atomic E-state index is 11.0. The Bertz CT molecular complexity index is 335. The maximum atomic E-state index is 11.0. The summed E-state index contributed by atoms with van der Waals surface area (Å²) in [5, 5.41) is 15.8. The van der Waals surface area contributed by atoms with Gasteiger partial charge in [0.05, 0.1) is 13.7 Å². The largest absolute Gasteiger partial charge is 0.463 e. The lowest BCUT2D eigenvalue weighted by Gasteiger charge is -2.05. The fourth-order valence-electron chi connectivity index (χ4n) is 0.825. The van der Waals surface area contributed by atoms with Crippen molar-refractivity contribution >= 4 is 12.3 Å². The van der Waals surface area contributed by atoms with Crippen LogP contribution in [0.4, 0.5) is 0 Å². The number of esters is 1. The van der Waals surface area contributed by atoms with Crippen molar-refractivity contribution in [2.75, 3.05) is 7.11 Å². The second-order valence-corrected chi connectivity index (χ2v) is 2.43. The summed E-state index contributed by atoms with van der Waals surface area (Å²) in [6.07, 6.45) is 1.45. The SMILES string of the molecule is COC(=O)c1nn[c]n1CC(O)C=O. The van der Waals surface area contributed by atoms with Crippen molar-refractivity contribution in [3.05, 3.63) is 12.2 Å². The van der Waals surface area contributed by atoms with Crippen LogP contribution in [0.2, 0.25) is 0 Å². The number of nitrogens with zero attached hydrogens (tertiary/aromatic N) is 3. The molecule has 0 amide bonds. The Kier molecular flexibility index (Phi) is 3.29. The minimum absolute atomic E-state index is 0.103. The summed E-state index contributed by atoms with van der Waals surface area (Å²) in [6.45, 7) is -0.124. The molecule has 0 bridgehead atoms. The molecular formula is C7H8N3O4. The van der Waals surface area contributed by atoms with Crippen LogP contribution in [0.25, 0.3) is 0 Å².